The number of benzene rings is 2. The van der Waals surface area contributed by atoms with Crippen LogP contribution in [0.3, 0.4) is 0 Å². The van der Waals surface area contributed by atoms with Crippen molar-refractivity contribution < 1.29 is 4.74 Å². The van der Waals surface area contributed by atoms with Crippen LogP contribution in [0, 0.1) is 0 Å². The Morgan fingerprint density at radius 2 is 1.74 bits per heavy atom. The van der Waals surface area contributed by atoms with Crippen molar-refractivity contribution in [3.05, 3.63) is 74.1 Å². The molecule has 0 bridgehead atoms. The average molecular weight is 405 g/mol. The highest BCUT2D eigenvalue weighted by atomic mass is 35.5. The fraction of sp³-hybridized carbons (Fsp3) is 0.333. The van der Waals surface area contributed by atoms with E-state index in [4.69, 9.17) is 27.9 Å². The van der Waals surface area contributed by atoms with Crippen LogP contribution in [-0.4, -0.2) is 21.8 Å². The molecular formula is C21H22Cl2N2O2. The van der Waals surface area contributed by atoms with Gasteiger partial charge in [-0.1, -0.05) is 53.5 Å². The quantitative estimate of drug-likeness (QED) is 0.600. The van der Waals surface area contributed by atoms with Gasteiger partial charge in [-0.15, -0.1) is 0 Å². The predicted molar refractivity (Wildman–Crippen MR) is 111 cm³/mol. The third kappa shape index (κ3) is 4.34. The Labute approximate surface area is 168 Å². The zero-order chi connectivity index (χ0) is 19.8. The van der Waals surface area contributed by atoms with Crippen molar-refractivity contribution in [1.82, 2.24) is 9.55 Å². The highest BCUT2D eigenvalue weighted by Crippen LogP contribution is 2.29. The third-order valence-electron chi connectivity index (χ3n) is 4.36. The molecule has 1 unspecified atom stereocenters. The molecule has 0 saturated carbocycles. The molecule has 0 aliphatic rings. The molecule has 0 N–H and O–H groups in total. The van der Waals surface area contributed by atoms with E-state index in [-0.39, 0.29) is 17.1 Å². The maximum Gasteiger partial charge on any atom is 0.273 e. The Morgan fingerprint density at radius 3 is 2.37 bits per heavy atom. The lowest BCUT2D eigenvalue weighted by atomic mass is 9.96. The predicted octanol–water partition coefficient (Wildman–Crippen LogP) is 5.19. The van der Waals surface area contributed by atoms with Crippen LogP contribution in [0.15, 0.2) is 47.3 Å². The minimum absolute atomic E-state index is 0.174. The van der Waals surface area contributed by atoms with Gasteiger partial charge in [0.1, 0.15) is 5.69 Å². The van der Waals surface area contributed by atoms with E-state index in [2.05, 4.69) is 4.98 Å². The first kappa shape index (κ1) is 19.9. The number of nitrogens with zero attached hydrogens (tertiary/aromatic N) is 2. The van der Waals surface area contributed by atoms with Crippen LogP contribution in [-0.2, 0) is 11.8 Å². The molecule has 1 aromatic heterocycles. The van der Waals surface area contributed by atoms with Gasteiger partial charge >= 0.3 is 0 Å². The van der Waals surface area contributed by atoms with Crippen molar-refractivity contribution in [2.45, 2.75) is 32.3 Å². The first-order valence-corrected chi connectivity index (χ1v) is 9.47. The second-order valence-corrected chi connectivity index (χ2v) is 8.32. The molecule has 0 aliphatic carbocycles. The number of halogens is 2. The number of aryl methyl sites for hydroxylation is 1. The van der Waals surface area contributed by atoms with Crippen LogP contribution in [0.25, 0.3) is 11.0 Å². The lowest BCUT2D eigenvalue weighted by molar-refractivity contribution is -0.00716. The van der Waals surface area contributed by atoms with Crippen LogP contribution < -0.4 is 5.56 Å². The second kappa shape index (κ2) is 7.63. The minimum Gasteiger partial charge on any atom is -0.375 e. The van der Waals surface area contributed by atoms with E-state index in [0.29, 0.717) is 33.4 Å². The summed E-state index contributed by atoms with van der Waals surface area (Å²) in [5.74, 6) is -0.289. The van der Waals surface area contributed by atoms with Gasteiger partial charge in [-0.2, -0.15) is 0 Å². The van der Waals surface area contributed by atoms with Crippen molar-refractivity contribution >= 4 is 34.2 Å². The van der Waals surface area contributed by atoms with Gasteiger partial charge in [0.15, 0.2) is 0 Å². The molecule has 27 heavy (non-hydrogen) atoms. The molecule has 0 aliphatic heterocycles. The summed E-state index contributed by atoms with van der Waals surface area (Å²) in [5, 5.41) is 0.799. The summed E-state index contributed by atoms with van der Waals surface area (Å²) in [4.78, 5) is 17.7. The van der Waals surface area contributed by atoms with E-state index in [0.717, 1.165) is 5.56 Å². The number of hydrogen-bond acceptors (Lipinski definition) is 3. The first-order chi connectivity index (χ1) is 12.7. The summed E-state index contributed by atoms with van der Waals surface area (Å²) < 4.78 is 7.58. The molecule has 0 amide bonds. The molecule has 0 fully saturated rings. The van der Waals surface area contributed by atoms with E-state index in [9.17, 15) is 4.79 Å². The molecule has 4 nitrogen and oxygen atoms in total. The van der Waals surface area contributed by atoms with Gasteiger partial charge < -0.3 is 9.30 Å². The van der Waals surface area contributed by atoms with E-state index in [1.165, 1.54) is 0 Å². The largest absolute Gasteiger partial charge is 0.375 e. The first-order valence-electron chi connectivity index (χ1n) is 8.72. The van der Waals surface area contributed by atoms with Crippen LogP contribution in [0.2, 0.25) is 10.0 Å². The summed E-state index contributed by atoms with van der Waals surface area (Å²) in [5.41, 5.74) is 2.17. The standard InChI is InChI=1S/C21H22Cl2N2O2/c1-21(2,3)27-12-14(13-8-6-5-7-9-13)19-20(26)25(4)18-11-16(23)15(22)10-17(18)24-19/h5-11,14H,12H2,1-4H3. The lowest BCUT2D eigenvalue weighted by Crippen LogP contribution is -2.30. The van der Waals surface area contributed by atoms with E-state index in [1.807, 2.05) is 51.1 Å². The van der Waals surface area contributed by atoms with E-state index in [1.54, 1.807) is 23.7 Å². The molecule has 1 atom stereocenters. The van der Waals surface area contributed by atoms with Crippen molar-refractivity contribution in [1.29, 1.82) is 0 Å². The van der Waals surface area contributed by atoms with Crippen LogP contribution in [0.1, 0.15) is 37.9 Å². The topological polar surface area (TPSA) is 44.1 Å². The number of aromatic nitrogens is 2. The molecule has 0 spiro atoms. The minimum atomic E-state index is -0.327. The summed E-state index contributed by atoms with van der Waals surface area (Å²) in [6.45, 7) is 6.32. The SMILES string of the molecule is Cn1c(=O)c(C(COC(C)(C)C)c2ccccc2)nc2cc(Cl)c(Cl)cc21. The Balaban J connectivity index is 2.19. The monoisotopic (exact) mass is 404 g/mol. The molecule has 2 aromatic carbocycles. The summed E-state index contributed by atoms with van der Waals surface area (Å²) >= 11 is 12.3. The van der Waals surface area contributed by atoms with Crippen LogP contribution in [0.5, 0.6) is 0 Å². The van der Waals surface area contributed by atoms with E-state index < -0.39 is 0 Å². The molecule has 142 valence electrons. The zero-order valence-electron chi connectivity index (χ0n) is 15.8. The Hall–Kier alpha value is -1.88. The van der Waals surface area contributed by atoms with Crippen molar-refractivity contribution in [2.75, 3.05) is 6.61 Å². The highest BCUT2D eigenvalue weighted by molar-refractivity contribution is 6.42. The average Bonchev–Trinajstić information content (AvgIpc) is 2.61. The number of hydrogen-bond donors (Lipinski definition) is 0. The van der Waals surface area contributed by atoms with Gasteiger partial charge in [-0.25, -0.2) is 4.98 Å². The highest BCUT2D eigenvalue weighted by Gasteiger charge is 2.24. The Morgan fingerprint density at radius 1 is 1.11 bits per heavy atom. The summed E-state index contributed by atoms with van der Waals surface area (Å²) in [6, 6.07) is 13.2. The Bertz CT molecular complexity index is 1020. The number of fused-ring (bicyclic) bond motifs is 1. The van der Waals surface area contributed by atoms with Gasteiger partial charge in [0.25, 0.3) is 5.56 Å². The molecule has 3 rings (SSSR count). The van der Waals surface area contributed by atoms with E-state index >= 15 is 0 Å². The fourth-order valence-corrected chi connectivity index (χ4v) is 3.24. The van der Waals surface area contributed by atoms with Gasteiger partial charge in [-0.3, -0.25) is 4.79 Å². The normalized spacial score (nSPS) is 13.1. The number of rotatable bonds is 4. The molecule has 3 aromatic rings. The second-order valence-electron chi connectivity index (χ2n) is 7.50. The van der Waals surface area contributed by atoms with Gasteiger partial charge in [-0.05, 0) is 38.5 Å². The van der Waals surface area contributed by atoms with Gasteiger partial charge in [0, 0.05) is 7.05 Å². The van der Waals surface area contributed by atoms with Gasteiger partial charge in [0.2, 0.25) is 0 Å². The molecule has 0 radical (unpaired) electrons. The van der Waals surface area contributed by atoms with Crippen molar-refractivity contribution in [3.63, 3.8) is 0 Å². The third-order valence-corrected chi connectivity index (χ3v) is 5.08. The van der Waals surface area contributed by atoms with Crippen molar-refractivity contribution in [3.8, 4) is 0 Å². The maximum absolute atomic E-state index is 13.1. The lowest BCUT2D eigenvalue weighted by Gasteiger charge is -2.25. The van der Waals surface area contributed by atoms with Crippen LogP contribution in [0.4, 0.5) is 0 Å². The molecular weight excluding hydrogens is 383 g/mol. The fourth-order valence-electron chi connectivity index (χ4n) is 2.92. The molecule has 1 heterocycles. The molecule has 0 saturated heterocycles. The zero-order valence-corrected chi connectivity index (χ0v) is 17.3. The summed E-state index contributed by atoms with van der Waals surface area (Å²) in [6.07, 6.45) is 0. The number of ether oxygens (including phenoxy) is 1. The van der Waals surface area contributed by atoms with Crippen LogP contribution >= 0.6 is 23.2 Å². The maximum atomic E-state index is 13.1. The molecule has 6 heteroatoms. The summed E-state index contributed by atoms with van der Waals surface area (Å²) in [7, 11) is 1.72. The van der Waals surface area contributed by atoms with Crippen molar-refractivity contribution in [2.24, 2.45) is 7.05 Å². The smallest absolute Gasteiger partial charge is 0.273 e. The van der Waals surface area contributed by atoms with Gasteiger partial charge in [0.05, 0.1) is 39.2 Å². The Kier molecular flexibility index (Phi) is 5.61.